The van der Waals surface area contributed by atoms with Crippen LogP contribution in [0.4, 0.5) is 0 Å². The van der Waals surface area contributed by atoms with Gasteiger partial charge in [0.05, 0.1) is 24.3 Å². The fraction of sp³-hybridized carbons (Fsp3) is 0.545. The Morgan fingerprint density at radius 1 is 1.50 bits per heavy atom. The largest absolute Gasteiger partial charge is 0.390 e. The van der Waals surface area contributed by atoms with Crippen molar-refractivity contribution in [3.63, 3.8) is 0 Å². The zero-order valence-electron chi connectivity index (χ0n) is 10.6. The Bertz CT molecular complexity index is 521. The van der Waals surface area contributed by atoms with Crippen LogP contribution >= 0.6 is 11.8 Å². The number of thioether (sulfide) groups is 1. The first-order valence-corrected chi connectivity index (χ1v) is 6.67. The molecule has 0 bridgehead atoms. The number of aliphatic hydroxyl groups is 1. The van der Waals surface area contributed by atoms with Crippen LogP contribution in [0.5, 0.6) is 0 Å². The molecule has 0 aromatic carbocycles. The summed E-state index contributed by atoms with van der Waals surface area (Å²) in [5.41, 5.74) is 0.783. The lowest BCUT2D eigenvalue weighted by Gasteiger charge is -2.01. The van der Waals surface area contributed by atoms with Gasteiger partial charge in [-0.2, -0.15) is 4.98 Å². The molecule has 0 spiro atoms. The molecule has 0 aliphatic heterocycles. The normalized spacial score (nSPS) is 11.4. The molecule has 0 aliphatic rings. The molecular formula is C11H16N4O2S. The molecule has 2 aromatic rings. The number of imidazole rings is 1. The quantitative estimate of drug-likeness (QED) is 0.832. The van der Waals surface area contributed by atoms with Gasteiger partial charge in [-0.3, -0.25) is 0 Å². The summed E-state index contributed by atoms with van der Waals surface area (Å²) in [7, 11) is 1.87. The molecule has 0 amide bonds. The Balaban J connectivity index is 2.00. The first-order valence-electron chi connectivity index (χ1n) is 5.68. The van der Waals surface area contributed by atoms with Crippen LogP contribution in [-0.4, -0.2) is 24.8 Å². The second-order valence-electron chi connectivity index (χ2n) is 4.24. The first kappa shape index (κ1) is 13.1. The van der Waals surface area contributed by atoms with Gasteiger partial charge in [0, 0.05) is 13.0 Å². The van der Waals surface area contributed by atoms with Crippen LogP contribution in [0.25, 0.3) is 0 Å². The standard InChI is InChI=1S/C11H16N4O2S/c1-7(2)10-13-9(17-14-10)6-18-11-12-4-8(5-16)15(11)3/h4,7,16H,5-6H2,1-3H3. The van der Waals surface area contributed by atoms with E-state index >= 15 is 0 Å². The highest BCUT2D eigenvalue weighted by Crippen LogP contribution is 2.22. The van der Waals surface area contributed by atoms with Gasteiger partial charge in [-0.25, -0.2) is 4.98 Å². The third-order valence-corrected chi connectivity index (χ3v) is 3.56. The number of aromatic nitrogens is 4. The van der Waals surface area contributed by atoms with Crippen molar-refractivity contribution >= 4 is 11.8 Å². The van der Waals surface area contributed by atoms with Crippen LogP contribution < -0.4 is 0 Å². The topological polar surface area (TPSA) is 77.0 Å². The third kappa shape index (κ3) is 2.73. The fourth-order valence-corrected chi connectivity index (χ4v) is 2.20. The Kier molecular flexibility index (Phi) is 4.03. The maximum atomic E-state index is 9.07. The Labute approximate surface area is 109 Å². The van der Waals surface area contributed by atoms with Crippen molar-refractivity contribution in [2.75, 3.05) is 0 Å². The van der Waals surface area contributed by atoms with Gasteiger partial charge in [0.25, 0.3) is 0 Å². The summed E-state index contributed by atoms with van der Waals surface area (Å²) >= 11 is 1.51. The molecule has 6 nitrogen and oxygen atoms in total. The zero-order valence-corrected chi connectivity index (χ0v) is 11.4. The van der Waals surface area contributed by atoms with Crippen molar-refractivity contribution in [3.8, 4) is 0 Å². The van der Waals surface area contributed by atoms with Gasteiger partial charge < -0.3 is 14.2 Å². The van der Waals surface area contributed by atoms with Gasteiger partial charge >= 0.3 is 0 Å². The van der Waals surface area contributed by atoms with Gasteiger partial charge in [0.2, 0.25) is 5.89 Å². The SMILES string of the molecule is CC(C)c1noc(CSc2ncc(CO)n2C)n1. The lowest BCUT2D eigenvalue weighted by atomic mass is 10.2. The van der Waals surface area contributed by atoms with Crippen LogP contribution in [0.2, 0.25) is 0 Å². The Hall–Kier alpha value is -1.34. The lowest BCUT2D eigenvalue weighted by Crippen LogP contribution is -1.97. The molecule has 2 heterocycles. The van der Waals surface area contributed by atoms with Crippen LogP contribution in [0.3, 0.4) is 0 Å². The molecule has 0 fully saturated rings. The second-order valence-corrected chi connectivity index (χ2v) is 5.18. The maximum absolute atomic E-state index is 9.07. The summed E-state index contributed by atoms with van der Waals surface area (Å²) in [5.74, 6) is 2.16. The summed E-state index contributed by atoms with van der Waals surface area (Å²) in [6, 6.07) is 0. The molecule has 0 saturated heterocycles. The number of nitrogens with zero attached hydrogens (tertiary/aromatic N) is 4. The smallest absolute Gasteiger partial charge is 0.237 e. The molecule has 18 heavy (non-hydrogen) atoms. The summed E-state index contributed by atoms with van der Waals surface area (Å²) < 4.78 is 7.00. The molecule has 0 saturated carbocycles. The zero-order chi connectivity index (χ0) is 13.1. The van der Waals surface area contributed by atoms with Gasteiger partial charge in [-0.15, -0.1) is 0 Å². The van der Waals surface area contributed by atoms with Crippen molar-refractivity contribution in [1.82, 2.24) is 19.7 Å². The van der Waals surface area contributed by atoms with Gasteiger partial charge in [-0.1, -0.05) is 30.8 Å². The van der Waals surface area contributed by atoms with E-state index in [2.05, 4.69) is 15.1 Å². The van der Waals surface area contributed by atoms with Crippen LogP contribution in [0, 0.1) is 0 Å². The summed E-state index contributed by atoms with van der Waals surface area (Å²) in [6.45, 7) is 4.03. The van der Waals surface area contributed by atoms with E-state index < -0.39 is 0 Å². The van der Waals surface area contributed by atoms with E-state index in [-0.39, 0.29) is 12.5 Å². The minimum atomic E-state index is -0.0118. The molecular weight excluding hydrogens is 252 g/mol. The molecule has 0 atom stereocenters. The molecule has 2 rings (SSSR count). The number of hydrogen-bond donors (Lipinski definition) is 1. The molecule has 0 radical (unpaired) electrons. The first-order chi connectivity index (χ1) is 8.61. The number of aliphatic hydroxyl groups excluding tert-OH is 1. The highest BCUT2D eigenvalue weighted by atomic mass is 32.2. The maximum Gasteiger partial charge on any atom is 0.237 e. The average Bonchev–Trinajstić information content (AvgIpc) is 2.93. The summed E-state index contributed by atoms with van der Waals surface area (Å²) in [6.07, 6.45) is 1.66. The van der Waals surface area contributed by atoms with Gasteiger partial charge in [-0.05, 0) is 0 Å². The minimum Gasteiger partial charge on any atom is -0.390 e. The number of rotatable bonds is 5. The highest BCUT2D eigenvalue weighted by Gasteiger charge is 2.12. The second kappa shape index (κ2) is 5.53. The Morgan fingerprint density at radius 3 is 2.83 bits per heavy atom. The van der Waals surface area contributed by atoms with Crippen LogP contribution in [0.15, 0.2) is 15.9 Å². The van der Waals surface area contributed by atoms with Gasteiger partial charge in [0.1, 0.15) is 0 Å². The molecule has 1 N–H and O–H groups in total. The molecule has 0 aliphatic carbocycles. The van der Waals surface area contributed by atoms with Gasteiger partial charge in [0.15, 0.2) is 11.0 Å². The summed E-state index contributed by atoms with van der Waals surface area (Å²) in [4.78, 5) is 8.52. The van der Waals surface area contributed by atoms with E-state index in [0.717, 1.165) is 16.7 Å². The van der Waals surface area contributed by atoms with E-state index in [1.807, 2.05) is 25.5 Å². The lowest BCUT2D eigenvalue weighted by molar-refractivity contribution is 0.271. The summed E-state index contributed by atoms with van der Waals surface area (Å²) in [5, 5.41) is 13.8. The molecule has 0 unspecified atom stereocenters. The molecule has 2 aromatic heterocycles. The predicted molar refractivity (Wildman–Crippen MR) is 67.1 cm³/mol. The molecule has 98 valence electrons. The van der Waals surface area contributed by atoms with Crippen molar-refractivity contribution in [3.05, 3.63) is 23.6 Å². The monoisotopic (exact) mass is 268 g/mol. The Morgan fingerprint density at radius 2 is 2.28 bits per heavy atom. The van der Waals surface area contributed by atoms with E-state index in [9.17, 15) is 0 Å². The third-order valence-electron chi connectivity index (χ3n) is 2.53. The van der Waals surface area contributed by atoms with Crippen LogP contribution in [0.1, 0.15) is 37.2 Å². The van der Waals surface area contributed by atoms with E-state index in [0.29, 0.717) is 11.6 Å². The van der Waals surface area contributed by atoms with Crippen molar-refractivity contribution in [1.29, 1.82) is 0 Å². The number of hydrogen-bond acceptors (Lipinski definition) is 6. The average molecular weight is 268 g/mol. The van der Waals surface area contributed by atoms with Crippen LogP contribution in [-0.2, 0) is 19.4 Å². The minimum absolute atomic E-state index is 0.0118. The highest BCUT2D eigenvalue weighted by molar-refractivity contribution is 7.98. The molecule has 7 heteroatoms. The van der Waals surface area contributed by atoms with Crippen molar-refractivity contribution in [2.45, 2.75) is 37.3 Å². The van der Waals surface area contributed by atoms with E-state index in [4.69, 9.17) is 9.63 Å². The van der Waals surface area contributed by atoms with E-state index in [1.165, 1.54) is 11.8 Å². The van der Waals surface area contributed by atoms with Crippen molar-refractivity contribution in [2.24, 2.45) is 7.05 Å². The fourth-order valence-electron chi connectivity index (χ4n) is 1.39. The van der Waals surface area contributed by atoms with E-state index in [1.54, 1.807) is 6.20 Å². The van der Waals surface area contributed by atoms with Crippen molar-refractivity contribution < 1.29 is 9.63 Å². The predicted octanol–water partition coefficient (Wildman–Crippen LogP) is 1.71.